The van der Waals surface area contributed by atoms with E-state index in [2.05, 4.69) is 9.05 Å². The first kappa shape index (κ1) is 34.1. The van der Waals surface area contributed by atoms with E-state index in [0.29, 0.717) is 12.8 Å². The predicted molar refractivity (Wildman–Crippen MR) is 128 cm³/mol. The van der Waals surface area contributed by atoms with E-state index in [0.717, 1.165) is 14.2 Å². The molecule has 206 valence electrons. The number of ether oxygens (including phenoxy) is 2. The Morgan fingerprint density at radius 2 is 1.15 bits per heavy atom. The van der Waals surface area contributed by atoms with Crippen molar-refractivity contribution in [1.82, 2.24) is 0 Å². The largest absolute Gasteiger partial charge is 0.472 e. The van der Waals surface area contributed by atoms with E-state index in [1.807, 2.05) is 34.6 Å². The maximum atomic E-state index is 11.9. The predicted octanol–water partition coefficient (Wildman–Crippen LogP) is 4.44. The molecule has 0 saturated carbocycles. The van der Waals surface area contributed by atoms with Gasteiger partial charge in [0.05, 0.1) is 42.2 Å². The third-order valence-electron chi connectivity index (χ3n) is 5.24. The molecule has 13 heteroatoms. The number of aliphatic hydroxyl groups excluding tert-OH is 1. The van der Waals surface area contributed by atoms with Crippen LogP contribution in [0, 0.1) is 5.92 Å². The molecule has 4 atom stereocenters. The monoisotopic (exact) mass is 536 g/mol. The molecule has 0 amide bonds. The van der Waals surface area contributed by atoms with Gasteiger partial charge in [0.25, 0.3) is 0 Å². The van der Waals surface area contributed by atoms with E-state index in [9.17, 15) is 24.0 Å². The molecule has 0 aliphatic rings. The van der Waals surface area contributed by atoms with Crippen LogP contribution >= 0.6 is 15.6 Å². The van der Waals surface area contributed by atoms with Gasteiger partial charge in [0.1, 0.15) is 0 Å². The van der Waals surface area contributed by atoms with Crippen LogP contribution in [0.3, 0.4) is 0 Å². The summed E-state index contributed by atoms with van der Waals surface area (Å²) in [4.78, 5) is 19.3. The van der Waals surface area contributed by atoms with Crippen molar-refractivity contribution in [1.29, 1.82) is 0 Å². The quantitative estimate of drug-likeness (QED) is 0.213. The Kier molecular flexibility index (Phi) is 13.1. The Hall–Kier alpha value is 0.100. The van der Waals surface area contributed by atoms with E-state index in [1.165, 1.54) is 0 Å². The van der Waals surface area contributed by atoms with Gasteiger partial charge < -0.3 is 24.4 Å². The third kappa shape index (κ3) is 14.0. The molecule has 0 fully saturated rings. The first-order chi connectivity index (χ1) is 15.1. The summed E-state index contributed by atoms with van der Waals surface area (Å²) in [5.41, 5.74) is -3.44. The number of rotatable bonds is 18. The van der Waals surface area contributed by atoms with Crippen molar-refractivity contribution in [3.05, 3.63) is 0 Å². The minimum absolute atomic E-state index is 0.174. The molecule has 0 heterocycles. The summed E-state index contributed by atoms with van der Waals surface area (Å²) in [7, 11) is -6.12. The number of hydrogen-bond acceptors (Lipinski definition) is 9. The Bertz CT molecular complexity index is 711. The van der Waals surface area contributed by atoms with Crippen molar-refractivity contribution < 1.29 is 51.6 Å². The van der Waals surface area contributed by atoms with Gasteiger partial charge in [0.15, 0.2) is 0 Å². The lowest BCUT2D eigenvalue weighted by atomic mass is 9.89. The molecule has 11 nitrogen and oxygen atoms in total. The number of aliphatic hydroxyl groups is 1. The number of phosphoric acid groups is 2. The number of hydrogen-bond donors (Lipinski definition) is 3. The van der Waals surface area contributed by atoms with Gasteiger partial charge in [-0.15, -0.1) is 0 Å². The zero-order valence-corrected chi connectivity index (χ0v) is 24.1. The van der Waals surface area contributed by atoms with Crippen LogP contribution in [0.15, 0.2) is 0 Å². The molecule has 4 unspecified atom stereocenters. The molecule has 0 radical (unpaired) electrons. The summed E-state index contributed by atoms with van der Waals surface area (Å²) in [5, 5.41) is 9.82. The van der Waals surface area contributed by atoms with E-state index < -0.39 is 38.0 Å². The van der Waals surface area contributed by atoms with E-state index in [1.54, 1.807) is 20.8 Å². The van der Waals surface area contributed by atoms with Crippen LogP contribution in [-0.4, -0.2) is 71.3 Å². The van der Waals surface area contributed by atoms with Gasteiger partial charge in [-0.3, -0.25) is 18.1 Å². The Morgan fingerprint density at radius 1 is 0.735 bits per heavy atom. The lowest BCUT2D eigenvalue weighted by Gasteiger charge is -2.38. The molecule has 0 saturated heterocycles. The summed E-state index contributed by atoms with van der Waals surface area (Å²) >= 11 is 0. The molecule has 3 N–H and O–H groups in total. The van der Waals surface area contributed by atoms with Crippen LogP contribution in [0.1, 0.15) is 74.7 Å². The van der Waals surface area contributed by atoms with E-state index >= 15 is 0 Å². The number of phosphoric ester groups is 2. The van der Waals surface area contributed by atoms with Gasteiger partial charge in [0.2, 0.25) is 0 Å². The molecule has 0 rings (SSSR count). The summed E-state index contributed by atoms with van der Waals surface area (Å²) < 4.78 is 55.3. The SMILES string of the molecule is CCC(C)(CC(C)(C)OCC(CO)COC(C)(C)CC(C)(C)OP(=O)(O)OC)OP(=O)(O)OC. The molecule has 0 aliphatic heterocycles. The lowest BCUT2D eigenvalue weighted by Crippen LogP contribution is -2.41. The molecular weight excluding hydrogens is 490 g/mol. The minimum atomic E-state index is -4.17. The third-order valence-corrected chi connectivity index (χ3v) is 7.56. The van der Waals surface area contributed by atoms with Crippen molar-refractivity contribution in [2.24, 2.45) is 5.92 Å². The van der Waals surface area contributed by atoms with Crippen molar-refractivity contribution in [3.8, 4) is 0 Å². The summed E-state index contributed by atoms with van der Waals surface area (Å²) in [6.07, 6.45) is 1.04. The first-order valence-corrected chi connectivity index (χ1v) is 14.2. The molecule has 0 aromatic carbocycles. The second-order valence-corrected chi connectivity index (χ2v) is 13.6. The molecule has 0 aromatic heterocycles. The van der Waals surface area contributed by atoms with Gasteiger partial charge in [-0.05, 0) is 54.9 Å². The van der Waals surface area contributed by atoms with Gasteiger partial charge in [-0.2, -0.15) is 0 Å². The zero-order chi connectivity index (χ0) is 27.1. The van der Waals surface area contributed by atoms with Crippen LogP contribution in [-0.2, 0) is 36.7 Å². The molecule has 0 bridgehead atoms. The smallest absolute Gasteiger partial charge is 0.396 e. The highest BCUT2D eigenvalue weighted by atomic mass is 31.2. The summed E-state index contributed by atoms with van der Waals surface area (Å²) in [6.45, 7) is 14.4. The first-order valence-electron chi connectivity index (χ1n) is 11.2. The van der Waals surface area contributed by atoms with E-state index in [4.69, 9.17) is 18.5 Å². The highest BCUT2D eigenvalue weighted by Crippen LogP contribution is 2.50. The van der Waals surface area contributed by atoms with Gasteiger partial charge in [0, 0.05) is 33.0 Å². The topological polar surface area (TPSA) is 150 Å². The normalized spacial score (nSPS) is 19.8. The molecular formula is C21H46O11P2. The second-order valence-electron chi connectivity index (χ2n) is 10.6. The minimum Gasteiger partial charge on any atom is -0.396 e. The van der Waals surface area contributed by atoms with Gasteiger partial charge >= 0.3 is 15.6 Å². The molecule has 34 heavy (non-hydrogen) atoms. The average molecular weight is 537 g/mol. The fraction of sp³-hybridized carbons (Fsp3) is 1.00. The van der Waals surface area contributed by atoms with Crippen molar-refractivity contribution >= 4 is 15.6 Å². The molecule has 0 aromatic rings. The maximum Gasteiger partial charge on any atom is 0.472 e. The highest BCUT2D eigenvalue weighted by molar-refractivity contribution is 7.47. The van der Waals surface area contributed by atoms with Crippen LogP contribution in [0.2, 0.25) is 0 Å². The highest BCUT2D eigenvalue weighted by Gasteiger charge is 2.40. The van der Waals surface area contributed by atoms with Crippen LogP contribution in [0.25, 0.3) is 0 Å². The lowest BCUT2D eigenvalue weighted by molar-refractivity contribution is -0.119. The van der Waals surface area contributed by atoms with Crippen molar-refractivity contribution in [2.75, 3.05) is 34.0 Å². The summed E-state index contributed by atoms with van der Waals surface area (Å²) in [5.74, 6) is -0.345. The van der Waals surface area contributed by atoms with Crippen LogP contribution < -0.4 is 0 Å². The Morgan fingerprint density at radius 3 is 1.53 bits per heavy atom. The second kappa shape index (κ2) is 13.1. The maximum absolute atomic E-state index is 11.9. The summed E-state index contributed by atoms with van der Waals surface area (Å²) in [6, 6.07) is 0. The van der Waals surface area contributed by atoms with Gasteiger partial charge in [-0.1, -0.05) is 6.92 Å². The van der Waals surface area contributed by atoms with Crippen LogP contribution in [0.4, 0.5) is 0 Å². The Labute approximate surface area is 204 Å². The Balaban J connectivity index is 4.98. The van der Waals surface area contributed by atoms with Crippen molar-refractivity contribution in [2.45, 2.75) is 97.1 Å². The standard InChI is InChI=1S/C21H46O11P2/c1-11-21(8,32-34(25,26)28-10)16-19(4,5)30-14-17(12-22)13-29-18(2,3)15-20(6,7)31-33(23,24)27-9/h17,22H,11-16H2,1-10H3,(H,23,24)(H,25,26). The van der Waals surface area contributed by atoms with Gasteiger partial charge in [-0.25, -0.2) is 9.13 Å². The molecule has 0 spiro atoms. The molecule has 0 aliphatic carbocycles. The fourth-order valence-electron chi connectivity index (χ4n) is 3.79. The average Bonchev–Trinajstić information content (AvgIpc) is 2.65. The zero-order valence-electron chi connectivity index (χ0n) is 22.3. The van der Waals surface area contributed by atoms with Crippen LogP contribution in [0.5, 0.6) is 0 Å². The van der Waals surface area contributed by atoms with Crippen molar-refractivity contribution in [3.63, 3.8) is 0 Å². The fourth-order valence-corrected chi connectivity index (χ4v) is 5.38. The van der Waals surface area contributed by atoms with E-state index in [-0.39, 0.29) is 32.2 Å².